The highest BCUT2D eigenvalue weighted by Gasteiger charge is 2.36. The second-order valence-corrected chi connectivity index (χ2v) is 11.1. The molecule has 2 aliphatic heterocycles. The highest BCUT2D eigenvalue weighted by molar-refractivity contribution is 9.10. The number of anilines is 1. The van der Waals surface area contributed by atoms with E-state index in [1.807, 2.05) is 48.7 Å². The summed E-state index contributed by atoms with van der Waals surface area (Å²) in [5.41, 5.74) is 2.96. The predicted octanol–water partition coefficient (Wildman–Crippen LogP) is 3.63. The van der Waals surface area contributed by atoms with Crippen molar-refractivity contribution in [2.24, 2.45) is 4.99 Å². The first-order valence-electron chi connectivity index (χ1n) is 11.2. The minimum atomic E-state index is -0.721. The minimum Gasteiger partial charge on any atom is -0.463 e. The molecule has 0 fully saturated rings. The van der Waals surface area contributed by atoms with E-state index in [1.54, 1.807) is 37.6 Å². The van der Waals surface area contributed by atoms with Crippen molar-refractivity contribution in [2.75, 3.05) is 24.8 Å². The monoisotopic (exact) mass is 583 g/mol. The van der Waals surface area contributed by atoms with Crippen molar-refractivity contribution in [1.29, 1.82) is 0 Å². The number of benzene rings is 2. The maximum Gasteiger partial charge on any atom is 0.338 e. The third-order valence-corrected chi connectivity index (χ3v) is 8.55. The van der Waals surface area contributed by atoms with E-state index < -0.39 is 12.0 Å². The zero-order valence-electron chi connectivity index (χ0n) is 20.0. The lowest BCUT2D eigenvalue weighted by atomic mass is 9.96. The number of aromatic nitrogens is 1. The summed E-state index contributed by atoms with van der Waals surface area (Å²) in [6, 6.07) is 12.6. The quantitative estimate of drug-likeness (QED) is 0.346. The number of allylic oxidation sites excluding steroid dienone is 1. The Morgan fingerprint density at radius 2 is 1.92 bits per heavy atom. The molecule has 0 spiro atoms. The van der Waals surface area contributed by atoms with Crippen LogP contribution in [0, 0.1) is 0 Å². The average Bonchev–Trinajstić information content (AvgIpc) is 3.30. The van der Waals surface area contributed by atoms with E-state index >= 15 is 0 Å². The Bertz CT molecular complexity index is 1640. The maximum atomic E-state index is 14.0. The molecule has 1 atom stereocenters. The molecule has 184 valence electrons. The van der Waals surface area contributed by atoms with E-state index in [1.165, 1.54) is 4.57 Å². The summed E-state index contributed by atoms with van der Waals surface area (Å²) in [7, 11) is 1.69. The van der Waals surface area contributed by atoms with Crippen molar-refractivity contribution in [3.05, 3.63) is 89.0 Å². The van der Waals surface area contributed by atoms with Gasteiger partial charge >= 0.3 is 5.97 Å². The second kappa shape index (κ2) is 9.49. The van der Waals surface area contributed by atoms with E-state index in [0.717, 1.165) is 32.0 Å². The number of esters is 1. The number of amides is 1. The molecule has 0 N–H and O–H groups in total. The molecule has 36 heavy (non-hydrogen) atoms. The van der Waals surface area contributed by atoms with E-state index in [2.05, 4.69) is 20.9 Å². The molecule has 3 aromatic rings. The highest BCUT2D eigenvalue weighted by Crippen LogP contribution is 2.36. The molecule has 1 aromatic heterocycles. The first-order chi connectivity index (χ1) is 17.3. The topological polar surface area (TPSA) is 81.0 Å². The molecule has 0 radical (unpaired) electrons. The smallest absolute Gasteiger partial charge is 0.338 e. The molecule has 7 nitrogen and oxygen atoms in total. The number of hydrogen-bond acceptors (Lipinski definition) is 7. The number of carbonyl (C=O) groups excluding carboxylic acids is 2. The van der Waals surface area contributed by atoms with E-state index in [4.69, 9.17) is 4.74 Å². The Kier molecular flexibility index (Phi) is 6.52. The molecule has 10 heteroatoms. The van der Waals surface area contributed by atoms with Gasteiger partial charge in [0, 0.05) is 22.0 Å². The van der Waals surface area contributed by atoms with Gasteiger partial charge in [0.15, 0.2) is 4.80 Å². The molecule has 5 rings (SSSR count). The first kappa shape index (κ1) is 24.7. The molecule has 2 aliphatic rings. The summed E-state index contributed by atoms with van der Waals surface area (Å²) < 4.78 is 7.98. The Morgan fingerprint density at radius 3 is 2.58 bits per heavy atom. The van der Waals surface area contributed by atoms with Gasteiger partial charge in [0.1, 0.15) is 4.53 Å². The summed E-state index contributed by atoms with van der Waals surface area (Å²) in [5.74, 6) is -0.767. The Hall–Kier alpha value is -2.95. The Morgan fingerprint density at radius 1 is 1.19 bits per heavy atom. The van der Waals surface area contributed by atoms with Gasteiger partial charge in [-0.05, 0) is 56.0 Å². The lowest BCUT2D eigenvalue weighted by molar-refractivity contribution is -0.139. The number of nitrogens with zero attached hydrogens (tertiary/aromatic N) is 3. The lowest BCUT2D eigenvalue weighted by Gasteiger charge is -2.24. The lowest BCUT2D eigenvalue weighted by Crippen LogP contribution is -2.40. The third kappa shape index (κ3) is 3.88. The second-order valence-electron chi connectivity index (χ2n) is 8.30. The molecule has 3 heterocycles. The number of thioether (sulfide) groups is 1. The fourth-order valence-corrected chi connectivity index (χ4v) is 6.46. The van der Waals surface area contributed by atoms with Crippen LogP contribution in [0.5, 0.6) is 0 Å². The number of ether oxygens (including phenoxy) is 1. The Balaban J connectivity index is 1.82. The fraction of sp³-hybridized carbons (Fsp3) is 0.231. The van der Waals surface area contributed by atoms with Gasteiger partial charge in [-0.25, -0.2) is 9.79 Å². The third-order valence-electron chi connectivity index (χ3n) is 6.26. The van der Waals surface area contributed by atoms with E-state index in [0.29, 0.717) is 31.7 Å². The molecule has 0 aliphatic carbocycles. The number of rotatable bonds is 4. The number of halogens is 1. The molecule has 0 saturated carbocycles. The highest BCUT2D eigenvalue weighted by atomic mass is 79.9. The first-order valence-corrected chi connectivity index (χ1v) is 14.0. The molecule has 1 amide bonds. The molecular formula is C26H22BrN3O4S2. The summed E-state index contributed by atoms with van der Waals surface area (Å²) in [6.45, 7) is 3.69. The fourth-order valence-electron chi connectivity index (χ4n) is 4.56. The molecule has 0 saturated heterocycles. The zero-order chi connectivity index (χ0) is 25.7. The number of thiazole rings is 1. The van der Waals surface area contributed by atoms with Crippen LogP contribution in [0.15, 0.2) is 72.9 Å². The summed E-state index contributed by atoms with van der Waals surface area (Å²) >= 11 is 6.25. The van der Waals surface area contributed by atoms with Crippen molar-refractivity contribution in [3.8, 4) is 0 Å². The van der Waals surface area contributed by atoms with Crippen molar-refractivity contribution in [3.63, 3.8) is 0 Å². The van der Waals surface area contributed by atoms with Crippen LogP contribution in [0.25, 0.3) is 5.57 Å². The van der Waals surface area contributed by atoms with Gasteiger partial charge in [0.25, 0.3) is 11.5 Å². The van der Waals surface area contributed by atoms with Crippen LogP contribution in [0.4, 0.5) is 5.69 Å². The Labute approximate surface area is 223 Å². The molecule has 0 bridgehead atoms. The van der Waals surface area contributed by atoms with Crippen LogP contribution in [-0.4, -0.2) is 36.4 Å². The van der Waals surface area contributed by atoms with Gasteiger partial charge in [-0.1, -0.05) is 39.4 Å². The summed E-state index contributed by atoms with van der Waals surface area (Å²) in [5, 5.41) is 0. The number of hydrogen-bond donors (Lipinski definition) is 0. The van der Waals surface area contributed by atoms with Gasteiger partial charge < -0.3 is 9.64 Å². The van der Waals surface area contributed by atoms with Crippen molar-refractivity contribution < 1.29 is 14.3 Å². The SMILES string of the molecule is CCOC(=O)C1=C(C)N=c2s/c(=C3\C(=O)N(C)c4ccc(Br)cc43)c(=O)n2[C@@H]1c1ccc(SC)cc1. The van der Waals surface area contributed by atoms with Crippen LogP contribution >= 0.6 is 39.0 Å². The molecule has 0 unspecified atom stereocenters. The van der Waals surface area contributed by atoms with Gasteiger partial charge in [-0.3, -0.25) is 14.2 Å². The van der Waals surface area contributed by atoms with E-state index in [9.17, 15) is 14.4 Å². The van der Waals surface area contributed by atoms with Crippen molar-refractivity contribution in [1.82, 2.24) is 4.57 Å². The van der Waals surface area contributed by atoms with E-state index in [-0.39, 0.29) is 18.1 Å². The summed E-state index contributed by atoms with van der Waals surface area (Å²) in [4.78, 5) is 48.0. The van der Waals surface area contributed by atoms with Gasteiger partial charge in [0.2, 0.25) is 0 Å². The maximum absolute atomic E-state index is 14.0. The standard InChI is InChI=1S/C26H22BrN3O4S2/c1-5-34-25(33)19-13(2)28-26-30(21(19)14-6-9-16(35-4)10-7-14)24(32)22(36-26)20-17-12-15(27)8-11-18(17)29(3)23(20)31/h6-12,21H,5H2,1-4H3/b22-20-/t21-/m1/s1. The number of likely N-dealkylation sites (N-methyl/N-ethyl adjacent to an activating group) is 1. The minimum absolute atomic E-state index is 0.203. The van der Waals surface area contributed by atoms with Crippen molar-refractivity contribution >= 4 is 62.2 Å². The number of carbonyl (C=O) groups is 2. The molecular weight excluding hydrogens is 562 g/mol. The summed E-state index contributed by atoms with van der Waals surface area (Å²) in [6.07, 6.45) is 1.99. The van der Waals surface area contributed by atoms with Crippen molar-refractivity contribution in [2.45, 2.75) is 24.8 Å². The number of fused-ring (bicyclic) bond motifs is 2. The average molecular weight is 585 g/mol. The normalized spacial score (nSPS) is 18.2. The molecule has 2 aromatic carbocycles. The van der Waals surface area contributed by atoms with Crippen LogP contribution in [0.2, 0.25) is 0 Å². The van der Waals surface area contributed by atoms with Gasteiger partial charge in [-0.2, -0.15) is 0 Å². The van der Waals surface area contributed by atoms with Crippen LogP contribution in [0.1, 0.15) is 31.0 Å². The van der Waals surface area contributed by atoms with Gasteiger partial charge in [0.05, 0.1) is 35.2 Å². The van der Waals surface area contributed by atoms with Crippen LogP contribution in [-0.2, 0) is 14.3 Å². The zero-order valence-corrected chi connectivity index (χ0v) is 23.2. The van der Waals surface area contributed by atoms with Gasteiger partial charge in [-0.15, -0.1) is 11.8 Å². The largest absolute Gasteiger partial charge is 0.463 e. The van der Waals surface area contributed by atoms with Crippen LogP contribution in [0.3, 0.4) is 0 Å². The van der Waals surface area contributed by atoms with Crippen LogP contribution < -0.4 is 19.8 Å². The predicted molar refractivity (Wildman–Crippen MR) is 145 cm³/mol.